The summed E-state index contributed by atoms with van der Waals surface area (Å²) in [4.78, 5) is 0. The quantitative estimate of drug-likeness (QED) is 0.876. The highest BCUT2D eigenvalue weighted by molar-refractivity contribution is 6.31. The van der Waals surface area contributed by atoms with Crippen LogP contribution in [0.15, 0.2) is 18.2 Å². The zero-order valence-electron chi connectivity index (χ0n) is 10.8. The van der Waals surface area contributed by atoms with E-state index in [0.29, 0.717) is 22.7 Å². The molecule has 3 rings (SSSR count). The van der Waals surface area contributed by atoms with E-state index in [9.17, 15) is 0 Å². The molecule has 1 fully saturated rings. The van der Waals surface area contributed by atoms with Crippen LogP contribution in [0.25, 0.3) is 11.4 Å². The van der Waals surface area contributed by atoms with Gasteiger partial charge in [0, 0.05) is 16.3 Å². The summed E-state index contributed by atoms with van der Waals surface area (Å²) in [5.41, 5.74) is 7.31. The Bertz CT molecular complexity index is 570. The number of nitrogens with two attached hydrogens (primary N) is 1. The van der Waals surface area contributed by atoms with Crippen molar-refractivity contribution in [3.8, 4) is 11.4 Å². The van der Waals surface area contributed by atoms with Gasteiger partial charge >= 0.3 is 0 Å². The molecule has 19 heavy (non-hydrogen) atoms. The lowest BCUT2D eigenvalue weighted by molar-refractivity contribution is 0.210. The minimum Gasteiger partial charge on any atom is -0.399 e. The predicted molar refractivity (Wildman–Crippen MR) is 74.7 cm³/mol. The van der Waals surface area contributed by atoms with Crippen molar-refractivity contribution in [3.63, 3.8) is 0 Å². The standard InChI is InChI=1S/C13H16ClN5/c1-8(9-3-2-4-9)19-13(16-17-18-19)10-5-11(14)7-12(15)6-10/h5-9H,2-4,15H2,1H3. The highest BCUT2D eigenvalue weighted by Crippen LogP contribution is 2.37. The summed E-state index contributed by atoms with van der Waals surface area (Å²) in [6, 6.07) is 5.71. The van der Waals surface area contributed by atoms with Crippen LogP contribution in [0.3, 0.4) is 0 Å². The monoisotopic (exact) mass is 277 g/mol. The minimum absolute atomic E-state index is 0.305. The summed E-state index contributed by atoms with van der Waals surface area (Å²) in [6.07, 6.45) is 3.80. The molecule has 0 bridgehead atoms. The fourth-order valence-corrected chi connectivity index (χ4v) is 2.76. The summed E-state index contributed by atoms with van der Waals surface area (Å²) in [5, 5.41) is 12.6. The van der Waals surface area contributed by atoms with Gasteiger partial charge in [-0.05, 0) is 54.3 Å². The van der Waals surface area contributed by atoms with Crippen molar-refractivity contribution in [3.05, 3.63) is 23.2 Å². The smallest absolute Gasteiger partial charge is 0.182 e. The summed E-state index contributed by atoms with van der Waals surface area (Å²) < 4.78 is 1.88. The van der Waals surface area contributed by atoms with Gasteiger partial charge < -0.3 is 5.73 Å². The lowest BCUT2D eigenvalue weighted by Crippen LogP contribution is -2.24. The molecule has 0 saturated heterocycles. The van der Waals surface area contributed by atoms with Crippen molar-refractivity contribution < 1.29 is 0 Å². The fourth-order valence-electron chi connectivity index (χ4n) is 2.52. The molecule has 5 nitrogen and oxygen atoms in total. The minimum atomic E-state index is 0.305. The number of halogens is 1. The van der Waals surface area contributed by atoms with E-state index in [1.807, 2.05) is 16.8 Å². The maximum absolute atomic E-state index is 6.04. The zero-order chi connectivity index (χ0) is 13.4. The van der Waals surface area contributed by atoms with Gasteiger partial charge in [-0.3, -0.25) is 0 Å². The number of rotatable bonds is 3. The number of tetrazole rings is 1. The highest BCUT2D eigenvalue weighted by atomic mass is 35.5. The third-order valence-corrected chi connectivity index (χ3v) is 4.11. The molecule has 1 aliphatic rings. The highest BCUT2D eigenvalue weighted by Gasteiger charge is 2.28. The second-order valence-corrected chi connectivity index (χ2v) is 5.59. The SMILES string of the molecule is CC(C1CCC1)n1nnnc1-c1cc(N)cc(Cl)c1. The van der Waals surface area contributed by atoms with Crippen LogP contribution >= 0.6 is 11.6 Å². The van der Waals surface area contributed by atoms with E-state index < -0.39 is 0 Å². The molecule has 0 radical (unpaired) electrons. The molecule has 1 aromatic carbocycles. The molecule has 6 heteroatoms. The van der Waals surface area contributed by atoms with Gasteiger partial charge in [-0.1, -0.05) is 18.0 Å². The van der Waals surface area contributed by atoms with E-state index in [-0.39, 0.29) is 0 Å². The average Bonchev–Trinajstić information content (AvgIpc) is 2.73. The Morgan fingerprint density at radius 2 is 2.16 bits per heavy atom. The molecule has 0 spiro atoms. The van der Waals surface area contributed by atoms with E-state index in [0.717, 1.165) is 11.4 Å². The Morgan fingerprint density at radius 3 is 2.79 bits per heavy atom. The number of benzene rings is 1. The third-order valence-electron chi connectivity index (χ3n) is 3.89. The van der Waals surface area contributed by atoms with Crippen LogP contribution in [-0.2, 0) is 0 Å². The number of anilines is 1. The second kappa shape index (κ2) is 4.81. The van der Waals surface area contributed by atoms with Gasteiger partial charge in [0.1, 0.15) is 0 Å². The van der Waals surface area contributed by atoms with Gasteiger partial charge in [0.2, 0.25) is 0 Å². The van der Waals surface area contributed by atoms with Gasteiger partial charge in [0.25, 0.3) is 0 Å². The van der Waals surface area contributed by atoms with Crippen LogP contribution in [0.5, 0.6) is 0 Å². The first-order valence-corrected chi connectivity index (χ1v) is 6.87. The molecular formula is C13H16ClN5. The summed E-state index contributed by atoms with van der Waals surface area (Å²) in [5.74, 6) is 1.40. The molecule has 2 aromatic rings. The fraction of sp³-hybridized carbons (Fsp3) is 0.462. The Balaban J connectivity index is 1.98. The number of hydrogen-bond donors (Lipinski definition) is 1. The molecular weight excluding hydrogens is 262 g/mol. The van der Waals surface area contributed by atoms with E-state index in [2.05, 4.69) is 22.4 Å². The maximum atomic E-state index is 6.04. The Hall–Kier alpha value is -1.62. The molecule has 0 aliphatic heterocycles. The molecule has 2 N–H and O–H groups in total. The van der Waals surface area contributed by atoms with Crippen LogP contribution < -0.4 is 5.73 Å². The number of hydrogen-bond acceptors (Lipinski definition) is 4. The van der Waals surface area contributed by atoms with Gasteiger partial charge in [-0.15, -0.1) is 5.10 Å². The van der Waals surface area contributed by atoms with Gasteiger partial charge in [-0.2, -0.15) is 0 Å². The van der Waals surface area contributed by atoms with Crippen molar-refractivity contribution in [1.29, 1.82) is 0 Å². The van der Waals surface area contributed by atoms with Crippen molar-refractivity contribution in [2.24, 2.45) is 5.92 Å². The number of nitrogen functional groups attached to an aromatic ring is 1. The lowest BCUT2D eigenvalue weighted by atomic mass is 9.80. The van der Waals surface area contributed by atoms with E-state index in [4.69, 9.17) is 17.3 Å². The van der Waals surface area contributed by atoms with Crippen molar-refractivity contribution in [2.75, 3.05) is 5.73 Å². The largest absolute Gasteiger partial charge is 0.399 e. The Kier molecular flexibility index (Phi) is 3.14. The number of aromatic nitrogens is 4. The number of nitrogens with zero attached hydrogens (tertiary/aromatic N) is 4. The molecule has 1 unspecified atom stereocenters. The molecule has 1 atom stereocenters. The molecule has 1 aromatic heterocycles. The molecule has 1 heterocycles. The molecule has 1 aliphatic carbocycles. The van der Waals surface area contributed by atoms with Gasteiger partial charge in [0.05, 0.1) is 6.04 Å². The topological polar surface area (TPSA) is 69.6 Å². The molecule has 0 amide bonds. The first kappa shape index (κ1) is 12.4. The van der Waals surface area contributed by atoms with Crippen molar-refractivity contribution >= 4 is 17.3 Å². The first-order chi connectivity index (χ1) is 9.15. The van der Waals surface area contributed by atoms with Crippen LogP contribution in [0, 0.1) is 5.92 Å². The molecule has 100 valence electrons. The second-order valence-electron chi connectivity index (χ2n) is 5.15. The van der Waals surface area contributed by atoms with E-state index in [1.54, 1.807) is 6.07 Å². The van der Waals surface area contributed by atoms with Crippen LogP contribution in [-0.4, -0.2) is 20.2 Å². The van der Waals surface area contributed by atoms with Crippen molar-refractivity contribution in [1.82, 2.24) is 20.2 Å². The first-order valence-electron chi connectivity index (χ1n) is 6.49. The van der Waals surface area contributed by atoms with Gasteiger partial charge in [-0.25, -0.2) is 4.68 Å². The molecule has 1 saturated carbocycles. The van der Waals surface area contributed by atoms with Crippen molar-refractivity contribution in [2.45, 2.75) is 32.2 Å². The normalized spacial score (nSPS) is 17.2. The van der Waals surface area contributed by atoms with Gasteiger partial charge in [0.15, 0.2) is 5.82 Å². The van der Waals surface area contributed by atoms with E-state index in [1.165, 1.54) is 19.3 Å². The van der Waals surface area contributed by atoms with Crippen LogP contribution in [0.4, 0.5) is 5.69 Å². The Morgan fingerprint density at radius 1 is 1.37 bits per heavy atom. The Labute approximate surface area is 116 Å². The summed E-state index contributed by atoms with van der Waals surface area (Å²) in [6.45, 7) is 2.16. The zero-order valence-corrected chi connectivity index (χ0v) is 11.5. The summed E-state index contributed by atoms with van der Waals surface area (Å²) in [7, 11) is 0. The predicted octanol–water partition coefficient (Wildman–Crippen LogP) is 2.94. The van der Waals surface area contributed by atoms with E-state index >= 15 is 0 Å². The lowest BCUT2D eigenvalue weighted by Gasteiger charge is -2.31. The third kappa shape index (κ3) is 2.30. The average molecular weight is 278 g/mol. The van der Waals surface area contributed by atoms with Crippen LogP contribution in [0.1, 0.15) is 32.2 Å². The maximum Gasteiger partial charge on any atom is 0.182 e. The van der Waals surface area contributed by atoms with Crippen LogP contribution in [0.2, 0.25) is 5.02 Å². The summed E-state index contributed by atoms with van der Waals surface area (Å²) >= 11 is 6.04.